The molecule has 3 saturated carbocycles. The van der Waals surface area contributed by atoms with Crippen molar-refractivity contribution >= 4 is 5.97 Å². The molecule has 1 saturated heterocycles. The van der Waals surface area contributed by atoms with E-state index in [0.717, 1.165) is 38.9 Å². The zero-order chi connectivity index (χ0) is 9.81. The molecule has 14 heavy (non-hydrogen) atoms. The van der Waals surface area contributed by atoms with Crippen LogP contribution < -0.4 is 0 Å². The molecule has 0 aromatic heterocycles. The standard InChI is InChI=1S/C11H16O3/c12-9(13)11-5-10(6-11,7-11)8-2-1-3-14-4-8/h8H,1-7H2,(H,12,13). The normalized spacial score (nSPS) is 50.4. The van der Waals surface area contributed by atoms with E-state index in [1.807, 2.05) is 0 Å². The van der Waals surface area contributed by atoms with E-state index >= 15 is 0 Å². The molecule has 0 spiro atoms. The minimum atomic E-state index is -0.573. The van der Waals surface area contributed by atoms with Gasteiger partial charge >= 0.3 is 5.97 Å². The van der Waals surface area contributed by atoms with E-state index in [2.05, 4.69) is 0 Å². The third-order valence-electron chi connectivity index (χ3n) is 4.55. The van der Waals surface area contributed by atoms with Gasteiger partial charge in [-0.05, 0) is 43.4 Å². The van der Waals surface area contributed by atoms with Gasteiger partial charge in [0.25, 0.3) is 0 Å². The average Bonchev–Trinajstić information content (AvgIpc) is 2.00. The quantitative estimate of drug-likeness (QED) is 0.730. The van der Waals surface area contributed by atoms with E-state index in [0.29, 0.717) is 11.3 Å². The lowest BCUT2D eigenvalue weighted by atomic mass is 9.31. The number of aliphatic carboxylic acids is 1. The van der Waals surface area contributed by atoms with Gasteiger partial charge in [-0.3, -0.25) is 4.79 Å². The van der Waals surface area contributed by atoms with Crippen LogP contribution in [0.3, 0.4) is 0 Å². The molecule has 0 aromatic carbocycles. The molecule has 78 valence electrons. The van der Waals surface area contributed by atoms with Crippen molar-refractivity contribution < 1.29 is 14.6 Å². The summed E-state index contributed by atoms with van der Waals surface area (Å²) in [5, 5.41) is 9.01. The Balaban J connectivity index is 1.65. The van der Waals surface area contributed by atoms with E-state index < -0.39 is 5.97 Å². The van der Waals surface area contributed by atoms with E-state index in [-0.39, 0.29) is 5.41 Å². The average molecular weight is 196 g/mol. The topological polar surface area (TPSA) is 46.5 Å². The molecule has 4 rings (SSSR count). The molecule has 1 atom stereocenters. The number of carbonyl (C=O) groups is 1. The summed E-state index contributed by atoms with van der Waals surface area (Å²) in [7, 11) is 0. The Morgan fingerprint density at radius 2 is 2.07 bits per heavy atom. The van der Waals surface area contributed by atoms with Gasteiger partial charge < -0.3 is 9.84 Å². The van der Waals surface area contributed by atoms with Crippen LogP contribution in [0.1, 0.15) is 32.1 Å². The Bertz CT molecular complexity index is 258. The van der Waals surface area contributed by atoms with Crippen molar-refractivity contribution in [2.75, 3.05) is 13.2 Å². The lowest BCUT2D eigenvalue weighted by Crippen LogP contribution is -2.68. The number of ether oxygens (including phenoxy) is 1. The van der Waals surface area contributed by atoms with E-state index in [1.165, 1.54) is 6.42 Å². The van der Waals surface area contributed by atoms with Crippen molar-refractivity contribution in [3.05, 3.63) is 0 Å². The Morgan fingerprint density at radius 3 is 2.57 bits per heavy atom. The number of carboxylic acids is 1. The summed E-state index contributed by atoms with van der Waals surface area (Å²) in [6.07, 6.45) is 5.16. The molecule has 2 bridgehead atoms. The maximum absolute atomic E-state index is 10.9. The van der Waals surface area contributed by atoms with Crippen LogP contribution in [-0.2, 0) is 9.53 Å². The van der Waals surface area contributed by atoms with Crippen molar-refractivity contribution in [2.45, 2.75) is 32.1 Å². The molecule has 0 aromatic rings. The fourth-order valence-corrected chi connectivity index (χ4v) is 3.75. The largest absolute Gasteiger partial charge is 0.481 e. The molecule has 1 aliphatic heterocycles. The molecule has 3 aliphatic carbocycles. The summed E-state index contributed by atoms with van der Waals surface area (Å²) >= 11 is 0. The minimum Gasteiger partial charge on any atom is -0.481 e. The molecule has 4 fully saturated rings. The van der Waals surface area contributed by atoms with Gasteiger partial charge in [0.1, 0.15) is 0 Å². The number of hydrogen-bond acceptors (Lipinski definition) is 2. The molecular formula is C11H16O3. The van der Waals surface area contributed by atoms with Crippen LogP contribution in [0.5, 0.6) is 0 Å². The monoisotopic (exact) mass is 196 g/mol. The van der Waals surface area contributed by atoms with Gasteiger partial charge in [-0.15, -0.1) is 0 Å². The molecule has 1 heterocycles. The van der Waals surface area contributed by atoms with Crippen LogP contribution in [0.2, 0.25) is 0 Å². The summed E-state index contributed by atoms with van der Waals surface area (Å²) in [5.74, 6) is 0.0774. The van der Waals surface area contributed by atoms with E-state index in [9.17, 15) is 4.79 Å². The first-order chi connectivity index (χ1) is 6.67. The fourth-order valence-electron chi connectivity index (χ4n) is 3.75. The minimum absolute atomic E-state index is 0.308. The van der Waals surface area contributed by atoms with Crippen LogP contribution in [0, 0.1) is 16.7 Å². The highest BCUT2D eigenvalue weighted by Crippen LogP contribution is 2.76. The van der Waals surface area contributed by atoms with Gasteiger partial charge in [-0.25, -0.2) is 0 Å². The molecule has 1 unspecified atom stereocenters. The van der Waals surface area contributed by atoms with Crippen molar-refractivity contribution in [3.8, 4) is 0 Å². The van der Waals surface area contributed by atoms with Crippen LogP contribution in [0.15, 0.2) is 0 Å². The van der Waals surface area contributed by atoms with Crippen molar-refractivity contribution in [1.82, 2.24) is 0 Å². The van der Waals surface area contributed by atoms with Crippen molar-refractivity contribution in [2.24, 2.45) is 16.7 Å². The second-order valence-corrected chi connectivity index (χ2v) is 5.39. The number of rotatable bonds is 2. The Kier molecular flexibility index (Phi) is 1.56. The summed E-state index contributed by atoms with van der Waals surface area (Å²) in [5.41, 5.74) is 0.0657. The zero-order valence-corrected chi connectivity index (χ0v) is 8.29. The van der Waals surface area contributed by atoms with Crippen molar-refractivity contribution in [1.29, 1.82) is 0 Å². The van der Waals surface area contributed by atoms with Gasteiger partial charge in [0, 0.05) is 13.2 Å². The highest BCUT2D eigenvalue weighted by atomic mass is 16.5. The van der Waals surface area contributed by atoms with Crippen LogP contribution >= 0.6 is 0 Å². The summed E-state index contributed by atoms with van der Waals surface area (Å²) in [6.45, 7) is 1.77. The van der Waals surface area contributed by atoms with E-state index in [1.54, 1.807) is 0 Å². The molecular weight excluding hydrogens is 180 g/mol. The summed E-state index contributed by atoms with van der Waals surface area (Å²) < 4.78 is 5.47. The summed E-state index contributed by atoms with van der Waals surface area (Å²) in [6, 6.07) is 0. The number of carboxylic acid groups (broad SMARTS) is 1. The second kappa shape index (κ2) is 2.51. The summed E-state index contributed by atoms with van der Waals surface area (Å²) in [4.78, 5) is 10.9. The molecule has 3 nitrogen and oxygen atoms in total. The van der Waals surface area contributed by atoms with Crippen LogP contribution in [0.25, 0.3) is 0 Å². The van der Waals surface area contributed by atoms with Gasteiger partial charge in [0.2, 0.25) is 0 Å². The molecule has 1 N–H and O–H groups in total. The third-order valence-corrected chi connectivity index (χ3v) is 4.55. The lowest BCUT2D eigenvalue weighted by molar-refractivity contribution is -0.253. The number of hydrogen-bond donors (Lipinski definition) is 1. The Morgan fingerprint density at radius 1 is 1.36 bits per heavy atom. The fraction of sp³-hybridized carbons (Fsp3) is 0.909. The molecule has 0 radical (unpaired) electrons. The predicted molar refractivity (Wildman–Crippen MR) is 49.9 cm³/mol. The predicted octanol–water partition coefficient (Wildman–Crippen LogP) is 1.67. The first kappa shape index (κ1) is 8.72. The maximum Gasteiger partial charge on any atom is 0.309 e. The molecule has 0 amide bonds. The smallest absolute Gasteiger partial charge is 0.309 e. The van der Waals surface area contributed by atoms with Crippen LogP contribution in [0.4, 0.5) is 0 Å². The second-order valence-electron chi connectivity index (χ2n) is 5.39. The maximum atomic E-state index is 10.9. The Hall–Kier alpha value is -0.570. The highest BCUT2D eigenvalue weighted by molar-refractivity contribution is 5.79. The van der Waals surface area contributed by atoms with Gasteiger partial charge in [0.05, 0.1) is 5.41 Å². The van der Waals surface area contributed by atoms with Crippen molar-refractivity contribution in [3.63, 3.8) is 0 Å². The first-order valence-electron chi connectivity index (χ1n) is 5.48. The molecule has 4 aliphatic rings. The first-order valence-corrected chi connectivity index (χ1v) is 5.48. The van der Waals surface area contributed by atoms with Gasteiger partial charge in [-0.1, -0.05) is 0 Å². The van der Waals surface area contributed by atoms with Crippen LogP contribution in [-0.4, -0.2) is 24.3 Å². The molecule has 3 heteroatoms. The third kappa shape index (κ3) is 0.888. The SMILES string of the molecule is O=C(O)C12CC(C3CCCOC3)(C1)C2. The van der Waals surface area contributed by atoms with E-state index in [4.69, 9.17) is 9.84 Å². The highest BCUT2D eigenvalue weighted by Gasteiger charge is 2.73. The lowest BCUT2D eigenvalue weighted by Gasteiger charge is -2.71. The zero-order valence-electron chi connectivity index (χ0n) is 8.29. The van der Waals surface area contributed by atoms with Gasteiger partial charge in [-0.2, -0.15) is 0 Å². The van der Waals surface area contributed by atoms with Gasteiger partial charge in [0.15, 0.2) is 0 Å². The Labute approximate surface area is 83.4 Å².